The second-order valence-electron chi connectivity index (χ2n) is 3.69. The highest BCUT2D eigenvalue weighted by Gasteiger charge is 2.30. The molecule has 102 valence electrons. The number of nitrogens with zero attached hydrogens (tertiary/aromatic N) is 3. The predicted octanol–water partition coefficient (Wildman–Crippen LogP) is 0.347. The van der Waals surface area contributed by atoms with Gasteiger partial charge in [-0.1, -0.05) is 0 Å². The van der Waals surface area contributed by atoms with Crippen LogP contribution in [0.2, 0.25) is 0 Å². The van der Waals surface area contributed by atoms with E-state index in [1.54, 1.807) is 11.9 Å². The first-order valence-corrected chi connectivity index (χ1v) is 5.72. The van der Waals surface area contributed by atoms with Crippen molar-refractivity contribution in [3.63, 3.8) is 0 Å². The number of amides is 1. The van der Waals surface area contributed by atoms with E-state index in [0.29, 0.717) is 5.76 Å². The van der Waals surface area contributed by atoms with Crippen molar-refractivity contribution in [3.8, 4) is 0 Å². The van der Waals surface area contributed by atoms with Gasteiger partial charge in [-0.25, -0.2) is 0 Å². The van der Waals surface area contributed by atoms with Crippen molar-refractivity contribution < 1.29 is 14.1 Å². The fourth-order valence-electron chi connectivity index (χ4n) is 1.53. The standard InChI is InChI=1S/C9H10ClN5O4/c1-14-8(5-2-3-7(19-5)15(17)18)12-13-9(14)11-6(16)4-10/h2-3,8,12H,4H2,1H3,(H,11,13,16). The molecule has 1 atom stereocenters. The molecule has 0 spiro atoms. The topological polar surface area (TPSA) is 113 Å². The van der Waals surface area contributed by atoms with Crippen molar-refractivity contribution in [1.29, 1.82) is 0 Å². The molecule has 0 bridgehead atoms. The number of hydrogen-bond acceptors (Lipinski definition) is 7. The Bertz CT molecular complexity index is 542. The van der Waals surface area contributed by atoms with E-state index in [2.05, 4.69) is 15.8 Å². The molecule has 1 aromatic rings. The van der Waals surface area contributed by atoms with E-state index in [0.717, 1.165) is 0 Å². The van der Waals surface area contributed by atoms with Crippen molar-refractivity contribution in [2.24, 2.45) is 5.10 Å². The Kier molecular flexibility index (Phi) is 3.56. The summed E-state index contributed by atoms with van der Waals surface area (Å²) < 4.78 is 5.06. The Labute approximate surface area is 112 Å². The molecule has 0 fully saturated rings. The maximum atomic E-state index is 11.2. The lowest BCUT2D eigenvalue weighted by Crippen LogP contribution is -2.41. The minimum absolute atomic E-state index is 0.191. The summed E-state index contributed by atoms with van der Waals surface area (Å²) in [6.07, 6.45) is -0.528. The van der Waals surface area contributed by atoms with Gasteiger partial charge in [0.1, 0.15) is 10.8 Å². The van der Waals surface area contributed by atoms with Gasteiger partial charge in [0.15, 0.2) is 11.9 Å². The van der Waals surface area contributed by atoms with Gasteiger partial charge in [0.25, 0.3) is 0 Å². The molecule has 9 nitrogen and oxygen atoms in total. The van der Waals surface area contributed by atoms with Gasteiger partial charge in [-0.2, -0.15) is 0 Å². The number of halogens is 1. The SMILES string of the molecule is CN1C(NC(=O)CCl)=NNC1c1ccc([N+](=O)[O-])o1. The number of rotatable bonds is 3. The minimum Gasteiger partial charge on any atom is -0.401 e. The number of carbonyl (C=O) groups excluding carboxylic acids is 1. The van der Waals surface area contributed by atoms with Crippen LogP contribution in [0.3, 0.4) is 0 Å². The molecule has 0 aromatic carbocycles. The molecule has 0 aliphatic carbocycles. The molecule has 2 heterocycles. The highest BCUT2D eigenvalue weighted by molar-refractivity contribution is 6.28. The fourth-order valence-corrected chi connectivity index (χ4v) is 1.59. The van der Waals surface area contributed by atoms with E-state index in [4.69, 9.17) is 16.0 Å². The minimum atomic E-state index is -0.629. The maximum Gasteiger partial charge on any atom is 0.433 e. The summed E-state index contributed by atoms with van der Waals surface area (Å²) in [5.41, 5.74) is 2.69. The third-order valence-electron chi connectivity index (χ3n) is 2.45. The molecule has 1 aliphatic heterocycles. The van der Waals surface area contributed by atoms with Gasteiger partial charge >= 0.3 is 5.88 Å². The van der Waals surface area contributed by atoms with E-state index < -0.39 is 17.0 Å². The number of alkyl halides is 1. The Morgan fingerprint density at radius 2 is 2.47 bits per heavy atom. The third kappa shape index (κ3) is 2.60. The van der Waals surface area contributed by atoms with Crippen molar-refractivity contribution >= 4 is 29.4 Å². The highest BCUT2D eigenvalue weighted by atomic mass is 35.5. The van der Waals surface area contributed by atoms with Gasteiger partial charge < -0.3 is 9.32 Å². The van der Waals surface area contributed by atoms with Crippen LogP contribution in [0.1, 0.15) is 11.9 Å². The van der Waals surface area contributed by atoms with Gasteiger partial charge in [0.2, 0.25) is 11.9 Å². The lowest BCUT2D eigenvalue weighted by atomic mass is 10.3. The number of nitro groups is 1. The molecule has 1 amide bonds. The van der Waals surface area contributed by atoms with Gasteiger partial charge in [0, 0.05) is 7.05 Å². The van der Waals surface area contributed by atoms with Crippen LogP contribution in [0, 0.1) is 10.1 Å². The zero-order chi connectivity index (χ0) is 14.0. The number of carbonyl (C=O) groups is 1. The van der Waals surface area contributed by atoms with Crippen LogP contribution in [0.5, 0.6) is 0 Å². The van der Waals surface area contributed by atoms with Crippen LogP contribution in [0.15, 0.2) is 21.7 Å². The van der Waals surface area contributed by atoms with E-state index in [-0.39, 0.29) is 17.7 Å². The van der Waals surface area contributed by atoms with Gasteiger partial charge in [-0.15, -0.1) is 16.7 Å². The van der Waals surface area contributed by atoms with Gasteiger partial charge in [-0.05, 0) is 6.07 Å². The molecule has 0 radical (unpaired) electrons. The zero-order valence-corrected chi connectivity index (χ0v) is 10.5. The van der Waals surface area contributed by atoms with Gasteiger partial charge in [-0.3, -0.25) is 25.7 Å². The molecule has 2 N–H and O–H groups in total. The average Bonchev–Trinajstić information content (AvgIpc) is 2.97. The summed E-state index contributed by atoms with van der Waals surface area (Å²) >= 11 is 5.37. The number of nitrogens with one attached hydrogen (secondary N) is 2. The lowest BCUT2D eigenvalue weighted by molar-refractivity contribution is -0.402. The quantitative estimate of drug-likeness (QED) is 0.471. The Balaban J connectivity index is 2.08. The molecule has 0 saturated heterocycles. The second kappa shape index (κ2) is 5.14. The Morgan fingerprint density at radius 3 is 3.05 bits per heavy atom. The lowest BCUT2D eigenvalue weighted by Gasteiger charge is -2.20. The molecule has 2 rings (SSSR count). The summed E-state index contributed by atoms with van der Waals surface area (Å²) in [6, 6.07) is 2.72. The van der Waals surface area contributed by atoms with E-state index in [9.17, 15) is 14.9 Å². The van der Waals surface area contributed by atoms with Crippen molar-refractivity contribution in [3.05, 3.63) is 28.0 Å². The molecular weight excluding hydrogens is 278 g/mol. The molecule has 1 aromatic heterocycles. The van der Waals surface area contributed by atoms with Crippen LogP contribution >= 0.6 is 11.6 Å². The second-order valence-corrected chi connectivity index (χ2v) is 3.96. The van der Waals surface area contributed by atoms with E-state index in [1.807, 2.05) is 0 Å². The molecule has 1 unspecified atom stereocenters. The van der Waals surface area contributed by atoms with Gasteiger partial charge in [0.05, 0.1) is 6.07 Å². The zero-order valence-electron chi connectivity index (χ0n) is 9.79. The van der Waals surface area contributed by atoms with Crippen LogP contribution < -0.4 is 10.7 Å². The number of furan rings is 1. The fraction of sp³-hybridized carbons (Fsp3) is 0.333. The smallest absolute Gasteiger partial charge is 0.401 e. The first-order chi connectivity index (χ1) is 9.02. The maximum absolute atomic E-state index is 11.2. The third-order valence-corrected chi connectivity index (χ3v) is 2.69. The molecular formula is C9H10ClN5O4. The Hall–Kier alpha value is -2.29. The number of hydrogen-bond donors (Lipinski definition) is 2. The van der Waals surface area contributed by atoms with Crippen LogP contribution in [-0.2, 0) is 4.79 Å². The molecule has 10 heteroatoms. The highest BCUT2D eigenvalue weighted by Crippen LogP contribution is 2.25. The largest absolute Gasteiger partial charge is 0.433 e. The number of hydrazone groups is 1. The van der Waals surface area contributed by atoms with E-state index >= 15 is 0 Å². The van der Waals surface area contributed by atoms with Crippen LogP contribution in [0.4, 0.5) is 5.88 Å². The summed E-state index contributed by atoms with van der Waals surface area (Å²) in [4.78, 5) is 22.6. The summed E-state index contributed by atoms with van der Waals surface area (Å²) in [5.74, 6) is -0.379. The summed E-state index contributed by atoms with van der Waals surface area (Å²) in [6.45, 7) is 0. The van der Waals surface area contributed by atoms with Crippen molar-refractivity contribution in [1.82, 2.24) is 15.6 Å². The first-order valence-electron chi connectivity index (χ1n) is 5.19. The molecule has 19 heavy (non-hydrogen) atoms. The number of guanidine groups is 1. The predicted molar refractivity (Wildman–Crippen MR) is 65.3 cm³/mol. The van der Waals surface area contributed by atoms with Crippen molar-refractivity contribution in [2.75, 3.05) is 12.9 Å². The summed E-state index contributed by atoms with van der Waals surface area (Å²) in [5, 5.41) is 16.9. The molecule has 0 saturated carbocycles. The Morgan fingerprint density at radius 1 is 1.74 bits per heavy atom. The first kappa shape index (κ1) is 13.1. The van der Waals surface area contributed by atoms with E-state index in [1.165, 1.54) is 12.1 Å². The monoisotopic (exact) mass is 287 g/mol. The molecule has 1 aliphatic rings. The average molecular weight is 288 g/mol. The summed E-state index contributed by atoms with van der Waals surface area (Å²) in [7, 11) is 1.65. The van der Waals surface area contributed by atoms with Crippen LogP contribution in [0.25, 0.3) is 0 Å². The normalized spacial score (nSPS) is 17.9. The van der Waals surface area contributed by atoms with Crippen LogP contribution in [-0.4, -0.2) is 34.6 Å². The van der Waals surface area contributed by atoms with Crippen molar-refractivity contribution in [2.45, 2.75) is 6.17 Å².